The van der Waals surface area contributed by atoms with Gasteiger partial charge in [0.2, 0.25) is 11.8 Å². The molecule has 3 heterocycles. The highest BCUT2D eigenvalue weighted by atomic mass is 16.5. The average Bonchev–Trinajstić information content (AvgIpc) is 3.22. The molecule has 1 aromatic carbocycles. The summed E-state index contributed by atoms with van der Waals surface area (Å²) >= 11 is 0. The first-order valence-corrected chi connectivity index (χ1v) is 11.3. The summed E-state index contributed by atoms with van der Waals surface area (Å²) in [5.41, 5.74) is 2.34. The zero-order valence-corrected chi connectivity index (χ0v) is 18.3. The van der Waals surface area contributed by atoms with Crippen LogP contribution in [0.1, 0.15) is 12.5 Å². The van der Waals surface area contributed by atoms with E-state index in [2.05, 4.69) is 32.2 Å². The van der Waals surface area contributed by atoms with Crippen molar-refractivity contribution in [2.75, 3.05) is 65.6 Å². The van der Waals surface area contributed by atoms with E-state index in [4.69, 9.17) is 4.74 Å². The van der Waals surface area contributed by atoms with E-state index in [0.717, 1.165) is 38.1 Å². The number of piperazine rings is 1. The molecule has 2 aliphatic heterocycles. The minimum absolute atomic E-state index is 0.0490. The molecule has 4 rings (SSSR count). The third-order valence-electron chi connectivity index (χ3n) is 6.43. The smallest absolute Gasteiger partial charge is 0.237 e. The Morgan fingerprint density at radius 2 is 1.84 bits per heavy atom. The van der Waals surface area contributed by atoms with Crippen molar-refractivity contribution in [2.45, 2.75) is 19.4 Å². The van der Waals surface area contributed by atoms with Crippen molar-refractivity contribution in [1.29, 1.82) is 0 Å². The number of fused-ring (bicyclic) bond motifs is 1. The zero-order chi connectivity index (χ0) is 21.6. The van der Waals surface area contributed by atoms with Gasteiger partial charge in [0.1, 0.15) is 0 Å². The van der Waals surface area contributed by atoms with Crippen LogP contribution in [0.25, 0.3) is 10.9 Å². The molecule has 0 aliphatic carbocycles. The van der Waals surface area contributed by atoms with Crippen molar-refractivity contribution in [2.24, 2.45) is 0 Å². The summed E-state index contributed by atoms with van der Waals surface area (Å²) in [5, 5.41) is 4.29. The number of amides is 2. The zero-order valence-electron chi connectivity index (χ0n) is 18.3. The van der Waals surface area contributed by atoms with Gasteiger partial charge in [0.25, 0.3) is 0 Å². The standard InChI is InChI=1S/C23H33N5O3/c1-18(23(30)24-7-6-19-16-25-21-5-3-2-4-20(19)21)27-8-10-28(11-9-27)22(29)17-26-12-14-31-15-13-26/h2-5,16,18,25H,6-15,17H2,1H3,(H,24,30). The number of carbonyl (C=O) groups excluding carboxylic acids is 2. The second kappa shape index (κ2) is 10.3. The minimum Gasteiger partial charge on any atom is -0.379 e. The number of para-hydroxylation sites is 1. The van der Waals surface area contributed by atoms with Crippen LogP contribution >= 0.6 is 0 Å². The summed E-state index contributed by atoms with van der Waals surface area (Å²) in [6, 6.07) is 8.02. The molecule has 2 amide bonds. The van der Waals surface area contributed by atoms with E-state index >= 15 is 0 Å². The average molecular weight is 428 g/mol. The lowest BCUT2D eigenvalue weighted by molar-refractivity contribution is -0.136. The predicted octanol–water partition coefficient (Wildman–Crippen LogP) is 0.692. The highest BCUT2D eigenvalue weighted by Gasteiger charge is 2.28. The van der Waals surface area contributed by atoms with Gasteiger partial charge in [-0.15, -0.1) is 0 Å². The summed E-state index contributed by atoms with van der Waals surface area (Å²) < 4.78 is 5.34. The first kappa shape index (κ1) is 21.8. The Balaban J connectivity index is 1.18. The fourth-order valence-corrected chi connectivity index (χ4v) is 4.38. The molecule has 1 unspecified atom stereocenters. The summed E-state index contributed by atoms with van der Waals surface area (Å²) in [6.07, 6.45) is 2.82. The number of hydrogen-bond acceptors (Lipinski definition) is 5. The number of aromatic amines is 1. The molecule has 2 fully saturated rings. The summed E-state index contributed by atoms with van der Waals surface area (Å²) in [6.45, 7) is 8.89. The highest BCUT2D eigenvalue weighted by molar-refractivity contribution is 5.84. The molecule has 2 aromatic rings. The third kappa shape index (κ3) is 5.44. The summed E-state index contributed by atoms with van der Waals surface area (Å²) in [4.78, 5) is 34.7. The van der Waals surface area contributed by atoms with Gasteiger partial charge >= 0.3 is 0 Å². The number of aromatic nitrogens is 1. The second-order valence-corrected chi connectivity index (χ2v) is 8.38. The van der Waals surface area contributed by atoms with Gasteiger partial charge in [-0.2, -0.15) is 0 Å². The van der Waals surface area contributed by atoms with Crippen LogP contribution in [-0.2, 0) is 20.7 Å². The van der Waals surface area contributed by atoms with Crippen LogP contribution in [-0.4, -0.2) is 103 Å². The van der Waals surface area contributed by atoms with Crippen LogP contribution in [0.15, 0.2) is 30.5 Å². The normalized spacial score (nSPS) is 19.5. The molecule has 8 nitrogen and oxygen atoms in total. The van der Waals surface area contributed by atoms with Crippen molar-refractivity contribution in [1.82, 2.24) is 25.0 Å². The first-order valence-electron chi connectivity index (χ1n) is 11.3. The van der Waals surface area contributed by atoms with Gasteiger partial charge < -0.3 is 19.9 Å². The first-order chi connectivity index (χ1) is 15.1. The molecule has 2 aliphatic rings. The number of benzene rings is 1. The molecule has 0 spiro atoms. The lowest BCUT2D eigenvalue weighted by Gasteiger charge is -2.38. The lowest BCUT2D eigenvalue weighted by atomic mass is 10.1. The Bertz CT molecular complexity index is 884. The van der Waals surface area contributed by atoms with E-state index in [1.807, 2.05) is 30.2 Å². The molecule has 1 atom stereocenters. The number of H-pyrrole nitrogens is 1. The number of carbonyl (C=O) groups is 2. The Morgan fingerprint density at radius 3 is 2.61 bits per heavy atom. The van der Waals surface area contributed by atoms with Crippen LogP contribution < -0.4 is 5.32 Å². The Hall–Kier alpha value is -2.42. The topological polar surface area (TPSA) is 80.9 Å². The predicted molar refractivity (Wildman–Crippen MR) is 120 cm³/mol. The minimum atomic E-state index is -0.195. The van der Waals surface area contributed by atoms with Gasteiger partial charge in [0.05, 0.1) is 25.8 Å². The Labute approximate surface area is 183 Å². The molecule has 1 aromatic heterocycles. The Morgan fingerprint density at radius 1 is 1.10 bits per heavy atom. The van der Waals surface area contributed by atoms with Crippen molar-refractivity contribution >= 4 is 22.7 Å². The SMILES string of the molecule is CC(C(=O)NCCc1c[nH]c2ccccc12)N1CCN(C(=O)CN2CCOCC2)CC1. The second-order valence-electron chi connectivity index (χ2n) is 8.38. The van der Waals surface area contributed by atoms with Gasteiger partial charge in [0, 0.05) is 62.9 Å². The molecule has 8 heteroatoms. The van der Waals surface area contributed by atoms with Crippen LogP contribution in [0.4, 0.5) is 0 Å². The van der Waals surface area contributed by atoms with E-state index < -0.39 is 0 Å². The van der Waals surface area contributed by atoms with Crippen LogP contribution in [0.2, 0.25) is 0 Å². The molecule has 31 heavy (non-hydrogen) atoms. The molecule has 0 saturated carbocycles. The Kier molecular flexibility index (Phi) is 7.21. The van der Waals surface area contributed by atoms with Crippen molar-refractivity contribution in [3.63, 3.8) is 0 Å². The monoisotopic (exact) mass is 427 g/mol. The number of nitrogens with one attached hydrogen (secondary N) is 2. The number of morpholine rings is 1. The van der Waals surface area contributed by atoms with E-state index in [9.17, 15) is 9.59 Å². The molecule has 2 saturated heterocycles. The van der Waals surface area contributed by atoms with Crippen molar-refractivity contribution in [3.8, 4) is 0 Å². The maximum atomic E-state index is 12.7. The van der Waals surface area contributed by atoms with E-state index in [1.165, 1.54) is 10.9 Å². The van der Waals surface area contributed by atoms with Crippen molar-refractivity contribution < 1.29 is 14.3 Å². The van der Waals surface area contributed by atoms with Gasteiger partial charge in [-0.05, 0) is 25.0 Å². The highest BCUT2D eigenvalue weighted by Crippen LogP contribution is 2.17. The van der Waals surface area contributed by atoms with Gasteiger partial charge in [-0.25, -0.2) is 0 Å². The number of ether oxygens (including phenoxy) is 1. The molecule has 2 N–H and O–H groups in total. The van der Waals surface area contributed by atoms with E-state index in [0.29, 0.717) is 39.4 Å². The summed E-state index contributed by atoms with van der Waals surface area (Å²) in [5.74, 6) is 0.227. The number of nitrogens with zero attached hydrogens (tertiary/aromatic N) is 3. The fourth-order valence-electron chi connectivity index (χ4n) is 4.38. The maximum absolute atomic E-state index is 12.7. The number of rotatable bonds is 7. The van der Waals surface area contributed by atoms with Gasteiger partial charge in [0.15, 0.2) is 0 Å². The molecule has 0 bridgehead atoms. The van der Waals surface area contributed by atoms with Crippen molar-refractivity contribution in [3.05, 3.63) is 36.0 Å². The van der Waals surface area contributed by atoms with E-state index in [1.54, 1.807) is 0 Å². The van der Waals surface area contributed by atoms with Crippen LogP contribution in [0, 0.1) is 0 Å². The third-order valence-corrected chi connectivity index (χ3v) is 6.43. The number of hydrogen-bond donors (Lipinski definition) is 2. The largest absolute Gasteiger partial charge is 0.379 e. The maximum Gasteiger partial charge on any atom is 0.237 e. The molecular weight excluding hydrogens is 394 g/mol. The van der Waals surface area contributed by atoms with E-state index in [-0.39, 0.29) is 17.9 Å². The molecule has 168 valence electrons. The fraction of sp³-hybridized carbons (Fsp3) is 0.565. The van der Waals surface area contributed by atoms with Crippen LogP contribution in [0.3, 0.4) is 0 Å². The molecule has 0 radical (unpaired) electrons. The molecular formula is C23H33N5O3. The van der Waals surface area contributed by atoms with Gasteiger partial charge in [-0.1, -0.05) is 18.2 Å². The lowest BCUT2D eigenvalue weighted by Crippen LogP contribution is -2.56. The summed E-state index contributed by atoms with van der Waals surface area (Å²) in [7, 11) is 0. The van der Waals surface area contributed by atoms with Crippen LogP contribution in [0.5, 0.6) is 0 Å². The van der Waals surface area contributed by atoms with Gasteiger partial charge in [-0.3, -0.25) is 19.4 Å². The quantitative estimate of drug-likeness (QED) is 0.680.